The summed E-state index contributed by atoms with van der Waals surface area (Å²) in [5.41, 5.74) is 0. The minimum atomic E-state index is -0.839. The second kappa shape index (κ2) is 7.25. The molecule has 5 heteroatoms. The predicted octanol–water partition coefficient (Wildman–Crippen LogP) is 1.13. The van der Waals surface area contributed by atoms with Gasteiger partial charge in [-0.2, -0.15) is 0 Å². The number of aliphatic carboxylic acids is 1. The van der Waals surface area contributed by atoms with Crippen LogP contribution in [0.25, 0.3) is 0 Å². The summed E-state index contributed by atoms with van der Waals surface area (Å²) >= 11 is 1.72. The molecule has 0 bridgehead atoms. The molecule has 0 rings (SSSR count). The zero-order valence-electron chi connectivity index (χ0n) is 7.62. The van der Waals surface area contributed by atoms with E-state index in [4.69, 9.17) is 5.11 Å². The molecule has 0 saturated carbocycles. The molecule has 0 aliphatic carbocycles. The highest BCUT2D eigenvalue weighted by atomic mass is 127. The molecule has 76 valence electrons. The number of nitrogens with zero attached hydrogens (tertiary/aromatic N) is 1. The number of carboxylic acids is 1. The topological polar surface area (TPSA) is 57.6 Å². The van der Waals surface area contributed by atoms with Gasteiger partial charge in [0, 0.05) is 13.0 Å². The van der Waals surface area contributed by atoms with Gasteiger partial charge in [-0.05, 0) is 35.6 Å². The van der Waals surface area contributed by atoms with Gasteiger partial charge in [0.25, 0.3) is 0 Å². The van der Waals surface area contributed by atoms with Gasteiger partial charge >= 0.3 is 5.97 Å². The zero-order valence-corrected chi connectivity index (χ0v) is 9.78. The summed E-state index contributed by atoms with van der Waals surface area (Å²) in [6, 6.07) is 0. The summed E-state index contributed by atoms with van der Waals surface area (Å²) < 4.78 is 0.0732. The van der Waals surface area contributed by atoms with Crippen molar-refractivity contribution in [2.75, 3.05) is 19.6 Å². The number of hydrogen-bond acceptors (Lipinski definition) is 3. The minimum absolute atomic E-state index is 0.0256. The summed E-state index contributed by atoms with van der Waals surface area (Å²) in [5, 5.41) is 8.55. The van der Waals surface area contributed by atoms with Crippen molar-refractivity contribution in [3.05, 3.63) is 0 Å². The highest BCUT2D eigenvalue weighted by Gasteiger charge is 2.09. The number of halogens is 1. The van der Waals surface area contributed by atoms with Crippen LogP contribution in [-0.4, -0.2) is 39.4 Å². The molecule has 0 radical (unpaired) electrons. The molecule has 0 spiro atoms. The fourth-order valence-corrected chi connectivity index (χ4v) is 1.26. The number of carbonyl (C=O) groups excluding carboxylic acids is 1. The van der Waals surface area contributed by atoms with E-state index < -0.39 is 5.97 Å². The molecule has 0 saturated heterocycles. The van der Waals surface area contributed by atoms with E-state index in [1.165, 1.54) is 0 Å². The van der Waals surface area contributed by atoms with E-state index in [9.17, 15) is 9.59 Å². The summed E-state index contributed by atoms with van der Waals surface area (Å²) in [7, 11) is 0. The van der Waals surface area contributed by atoms with E-state index in [1.807, 2.05) is 6.92 Å². The average Bonchev–Trinajstić information content (AvgIpc) is 1.99. The van der Waals surface area contributed by atoms with E-state index in [1.54, 1.807) is 27.5 Å². The molecule has 1 N–H and O–H groups in total. The van der Waals surface area contributed by atoms with Gasteiger partial charge in [-0.25, -0.2) is 0 Å². The maximum Gasteiger partial charge on any atom is 0.317 e. The van der Waals surface area contributed by atoms with Crippen molar-refractivity contribution in [2.45, 2.75) is 19.8 Å². The van der Waals surface area contributed by atoms with Crippen molar-refractivity contribution < 1.29 is 14.7 Å². The SMILES string of the molecule is CCCN(CCC(=O)I)CC(=O)O. The Morgan fingerprint density at radius 3 is 2.38 bits per heavy atom. The van der Waals surface area contributed by atoms with Crippen LogP contribution in [0.15, 0.2) is 0 Å². The van der Waals surface area contributed by atoms with Crippen LogP contribution in [0.3, 0.4) is 0 Å². The molecule has 4 nitrogen and oxygen atoms in total. The first-order valence-electron chi connectivity index (χ1n) is 4.18. The Morgan fingerprint density at radius 2 is 2.00 bits per heavy atom. The summed E-state index contributed by atoms with van der Waals surface area (Å²) in [6.45, 7) is 3.29. The maximum absolute atomic E-state index is 10.7. The van der Waals surface area contributed by atoms with Crippen LogP contribution in [0.5, 0.6) is 0 Å². The Balaban J connectivity index is 3.79. The predicted molar refractivity (Wildman–Crippen MR) is 58.0 cm³/mol. The Morgan fingerprint density at radius 1 is 1.38 bits per heavy atom. The van der Waals surface area contributed by atoms with Gasteiger partial charge in [-0.15, -0.1) is 0 Å². The van der Waals surface area contributed by atoms with Gasteiger partial charge in [-0.3, -0.25) is 14.5 Å². The van der Waals surface area contributed by atoms with E-state index in [0.717, 1.165) is 13.0 Å². The number of rotatable bonds is 7. The fraction of sp³-hybridized carbons (Fsp3) is 0.750. The van der Waals surface area contributed by atoms with E-state index in [2.05, 4.69) is 0 Å². The molecule has 0 aromatic rings. The largest absolute Gasteiger partial charge is 0.480 e. The van der Waals surface area contributed by atoms with Crippen molar-refractivity contribution in [2.24, 2.45) is 0 Å². The van der Waals surface area contributed by atoms with E-state index in [-0.39, 0.29) is 10.3 Å². The van der Waals surface area contributed by atoms with Crippen molar-refractivity contribution in [3.8, 4) is 0 Å². The molecular formula is C8H14INO3. The van der Waals surface area contributed by atoms with Crippen LogP contribution in [0, 0.1) is 0 Å². The summed E-state index contributed by atoms with van der Waals surface area (Å²) in [5.74, 6) is -0.839. The number of carboxylic acid groups (broad SMARTS) is 1. The number of hydrogen-bond donors (Lipinski definition) is 1. The lowest BCUT2D eigenvalue weighted by atomic mass is 10.3. The highest BCUT2D eigenvalue weighted by Crippen LogP contribution is 1.98. The van der Waals surface area contributed by atoms with Crippen LogP contribution in [0.4, 0.5) is 0 Å². The van der Waals surface area contributed by atoms with Crippen LogP contribution in [-0.2, 0) is 9.59 Å². The molecule has 0 atom stereocenters. The summed E-state index contributed by atoms with van der Waals surface area (Å²) in [4.78, 5) is 22.8. The highest BCUT2D eigenvalue weighted by molar-refractivity contribution is 14.1. The van der Waals surface area contributed by atoms with Gasteiger partial charge in [0.05, 0.1) is 6.54 Å². The van der Waals surface area contributed by atoms with Crippen LogP contribution in [0.1, 0.15) is 19.8 Å². The summed E-state index contributed by atoms with van der Waals surface area (Å²) in [6.07, 6.45) is 1.33. The van der Waals surface area contributed by atoms with Gasteiger partial charge < -0.3 is 5.11 Å². The quantitative estimate of drug-likeness (QED) is 0.565. The molecule has 0 amide bonds. The van der Waals surface area contributed by atoms with Crippen molar-refractivity contribution in [1.82, 2.24) is 4.90 Å². The van der Waals surface area contributed by atoms with Crippen LogP contribution in [0.2, 0.25) is 0 Å². The van der Waals surface area contributed by atoms with Crippen molar-refractivity contribution in [3.63, 3.8) is 0 Å². The van der Waals surface area contributed by atoms with Gasteiger partial charge in [-0.1, -0.05) is 6.92 Å². The second-order valence-electron chi connectivity index (χ2n) is 2.78. The minimum Gasteiger partial charge on any atom is -0.480 e. The molecular weight excluding hydrogens is 285 g/mol. The second-order valence-corrected chi connectivity index (χ2v) is 3.98. The van der Waals surface area contributed by atoms with Gasteiger partial charge in [0.2, 0.25) is 0 Å². The Hall–Kier alpha value is -0.170. The normalized spacial score (nSPS) is 10.4. The number of carbonyl (C=O) groups is 2. The molecule has 0 aromatic carbocycles. The molecule has 0 fully saturated rings. The standard InChI is InChI=1S/C8H14INO3/c1-2-4-10(6-8(12)13)5-3-7(9)11/h2-6H2,1H3,(H,12,13). The monoisotopic (exact) mass is 299 g/mol. The van der Waals surface area contributed by atoms with Crippen molar-refractivity contribution in [1.29, 1.82) is 0 Å². The molecule has 0 aliphatic rings. The lowest BCUT2D eigenvalue weighted by Gasteiger charge is -2.17. The average molecular weight is 299 g/mol. The third-order valence-electron chi connectivity index (χ3n) is 1.52. The smallest absolute Gasteiger partial charge is 0.317 e. The van der Waals surface area contributed by atoms with Gasteiger partial charge in [0.15, 0.2) is 3.79 Å². The van der Waals surface area contributed by atoms with Crippen LogP contribution < -0.4 is 0 Å². The van der Waals surface area contributed by atoms with Gasteiger partial charge in [0.1, 0.15) is 0 Å². The molecule has 0 heterocycles. The van der Waals surface area contributed by atoms with Crippen molar-refractivity contribution >= 4 is 32.4 Å². The third-order valence-corrected chi connectivity index (χ3v) is 2.06. The van der Waals surface area contributed by atoms with E-state index >= 15 is 0 Å². The molecule has 13 heavy (non-hydrogen) atoms. The maximum atomic E-state index is 10.7. The Bertz CT molecular complexity index is 184. The first-order chi connectivity index (χ1) is 6.06. The molecule has 0 aromatic heterocycles. The fourth-order valence-electron chi connectivity index (χ4n) is 1.02. The Kier molecular flexibility index (Phi) is 7.16. The molecule has 0 aliphatic heterocycles. The Labute approximate surface area is 91.4 Å². The lowest BCUT2D eigenvalue weighted by molar-refractivity contribution is -0.138. The molecule has 0 unspecified atom stereocenters. The zero-order chi connectivity index (χ0) is 10.3. The first-order valence-corrected chi connectivity index (χ1v) is 5.26. The first kappa shape index (κ1) is 12.8. The van der Waals surface area contributed by atoms with E-state index in [0.29, 0.717) is 13.0 Å². The third kappa shape index (κ3) is 8.17. The lowest BCUT2D eigenvalue weighted by Crippen LogP contribution is -2.32. The van der Waals surface area contributed by atoms with Crippen LogP contribution >= 0.6 is 22.6 Å².